The summed E-state index contributed by atoms with van der Waals surface area (Å²) in [6.45, 7) is 4.71. The molecular formula is C23H24Cl4O5. The van der Waals surface area contributed by atoms with E-state index < -0.39 is 0 Å². The molecule has 2 rings (SSSR count). The molecule has 0 bridgehead atoms. The molecule has 0 N–H and O–H groups in total. The van der Waals surface area contributed by atoms with Crippen LogP contribution in [0.2, 0.25) is 10.0 Å². The highest BCUT2D eigenvalue weighted by Crippen LogP contribution is 2.37. The number of esters is 1. The first-order chi connectivity index (χ1) is 15.3. The average molecular weight is 522 g/mol. The highest BCUT2D eigenvalue weighted by molar-refractivity contribution is 6.55. The summed E-state index contributed by atoms with van der Waals surface area (Å²) in [5.74, 6) is 1.16. The molecule has 0 heterocycles. The van der Waals surface area contributed by atoms with E-state index in [1.54, 1.807) is 36.4 Å². The Bertz CT molecular complexity index is 886. The van der Waals surface area contributed by atoms with Crippen LogP contribution in [0.25, 0.3) is 0 Å². The maximum absolute atomic E-state index is 12.1. The molecule has 0 radical (unpaired) electrons. The van der Waals surface area contributed by atoms with Gasteiger partial charge in [0.15, 0.2) is 5.75 Å². The molecule has 0 spiro atoms. The molecule has 9 heteroatoms. The molecule has 5 nitrogen and oxygen atoms in total. The summed E-state index contributed by atoms with van der Waals surface area (Å²) >= 11 is 23.5. The summed E-state index contributed by atoms with van der Waals surface area (Å²) in [7, 11) is 0. The van der Waals surface area contributed by atoms with Crippen LogP contribution in [0.4, 0.5) is 0 Å². The fraction of sp³-hybridized carbons (Fsp3) is 0.348. The normalized spacial score (nSPS) is 10.6. The standard InChI is InChI=1S/C23H24Cl4O5/c1-15(2)32-17-7-5-16(6-8-17)23(28)31-11-4-3-10-30-22-19(24)13-18(14-20(22)25)29-12-9-21(26)27/h5-9,13-15H,3-4,10-12H2,1-2H3. The van der Waals surface area contributed by atoms with Crippen molar-refractivity contribution in [3.8, 4) is 17.2 Å². The van der Waals surface area contributed by atoms with Gasteiger partial charge in [0.2, 0.25) is 0 Å². The topological polar surface area (TPSA) is 54.0 Å². The van der Waals surface area contributed by atoms with Crippen LogP contribution in [0.1, 0.15) is 37.0 Å². The van der Waals surface area contributed by atoms with Crippen LogP contribution >= 0.6 is 46.4 Å². The largest absolute Gasteiger partial charge is 0.491 e. The lowest BCUT2D eigenvalue weighted by molar-refractivity contribution is 0.0494. The van der Waals surface area contributed by atoms with Gasteiger partial charge in [-0.15, -0.1) is 0 Å². The molecule has 0 atom stereocenters. The minimum Gasteiger partial charge on any atom is -0.491 e. The number of hydrogen-bond acceptors (Lipinski definition) is 5. The van der Waals surface area contributed by atoms with Crippen molar-refractivity contribution >= 4 is 52.4 Å². The Labute approximate surface area is 208 Å². The van der Waals surface area contributed by atoms with Gasteiger partial charge < -0.3 is 18.9 Å². The zero-order chi connectivity index (χ0) is 23.5. The van der Waals surface area contributed by atoms with E-state index in [2.05, 4.69) is 0 Å². The van der Waals surface area contributed by atoms with Crippen molar-refractivity contribution in [1.82, 2.24) is 0 Å². The third-order valence-corrected chi connectivity index (χ3v) is 4.81. The quantitative estimate of drug-likeness (QED) is 0.214. The van der Waals surface area contributed by atoms with Gasteiger partial charge in [0.25, 0.3) is 0 Å². The van der Waals surface area contributed by atoms with Crippen LogP contribution in [-0.2, 0) is 4.74 Å². The van der Waals surface area contributed by atoms with Gasteiger partial charge in [-0.05, 0) is 57.0 Å². The smallest absolute Gasteiger partial charge is 0.338 e. The lowest BCUT2D eigenvalue weighted by Gasteiger charge is -2.12. The molecule has 0 aliphatic rings. The Hall–Kier alpha value is -1.79. The second kappa shape index (κ2) is 13.7. The lowest BCUT2D eigenvalue weighted by atomic mass is 10.2. The van der Waals surface area contributed by atoms with Crippen molar-refractivity contribution in [3.63, 3.8) is 0 Å². The molecule has 174 valence electrons. The fourth-order valence-corrected chi connectivity index (χ4v) is 3.23. The van der Waals surface area contributed by atoms with Crippen LogP contribution in [0.3, 0.4) is 0 Å². The molecule has 2 aromatic rings. The van der Waals surface area contributed by atoms with Gasteiger partial charge in [-0.1, -0.05) is 46.4 Å². The van der Waals surface area contributed by atoms with E-state index in [9.17, 15) is 4.79 Å². The number of rotatable bonds is 12. The van der Waals surface area contributed by atoms with E-state index in [0.717, 1.165) is 0 Å². The Morgan fingerprint density at radius 1 is 0.938 bits per heavy atom. The maximum Gasteiger partial charge on any atom is 0.338 e. The first-order valence-electron chi connectivity index (χ1n) is 9.96. The van der Waals surface area contributed by atoms with Gasteiger partial charge in [0, 0.05) is 12.1 Å². The molecule has 0 amide bonds. The maximum atomic E-state index is 12.1. The van der Waals surface area contributed by atoms with Crippen LogP contribution in [0.5, 0.6) is 17.2 Å². The van der Waals surface area contributed by atoms with Gasteiger partial charge in [-0.3, -0.25) is 0 Å². The van der Waals surface area contributed by atoms with Gasteiger partial charge in [-0.2, -0.15) is 0 Å². The minimum absolute atomic E-state index is 0.0733. The van der Waals surface area contributed by atoms with Crippen LogP contribution < -0.4 is 14.2 Å². The summed E-state index contributed by atoms with van der Waals surface area (Å²) in [6.07, 6.45) is 2.85. The molecule has 32 heavy (non-hydrogen) atoms. The number of halogens is 4. The van der Waals surface area contributed by atoms with Crippen molar-refractivity contribution in [3.05, 3.63) is 62.6 Å². The van der Waals surface area contributed by atoms with Crippen molar-refractivity contribution in [2.24, 2.45) is 0 Å². The summed E-state index contributed by atoms with van der Waals surface area (Å²) in [5.41, 5.74) is 0.474. The summed E-state index contributed by atoms with van der Waals surface area (Å²) in [5, 5.41) is 0.648. The molecular weight excluding hydrogens is 498 g/mol. The number of carbonyl (C=O) groups is 1. The van der Waals surface area contributed by atoms with Crippen molar-refractivity contribution in [2.75, 3.05) is 19.8 Å². The SMILES string of the molecule is CC(C)Oc1ccc(C(=O)OCCCCOc2c(Cl)cc(OCC=C(Cl)Cl)cc2Cl)cc1. The second-order valence-corrected chi connectivity index (χ2v) is 8.73. The van der Waals surface area contributed by atoms with Crippen LogP contribution in [-0.4, -0.2) is 31.9 Å². The highest BCUT2D eigenvalue weighted by Gasteiger charge is 2.11. The highest BCUT2D eigenvalue weighted by atomic mass is 35.5. The predicted octanol–water partition coefficient (Wildman–Crippen LogP) is 7.49. The van der Waals surface area contributed by atoms with E-state index in [1.165, 1.54) is 6.08 Å². The van der Waals surface area contributed by atoms with E-state index in [0.29, 0.717) is 52.3 Å². The molecule has 0 aromatic heterocycles. The molecule has 0 saturated heterocycles. The van der Waals surface area contributed by atoms with Gasteiger partial charge in [0.1, 0.15) is 22.6 Å². The van der Waals surface area contributed by atoms with E-state index in [4.69, 9.17) is 65.4 Å². The van der Waals surface area contributed by atoms with E-state index in [1.807, 2.05) is 13.8 Å². The summed E-state index contributed by atoms with van der Waals surface area (Å²) in [6, 6.07) is 10.0. The van der Waals surface area contributed by atoms with Gasteiger partial charge in [-0.25, -0.2) is 4.79 Å². The molecule has 0 unspecified atom stereocenters. The van der Waals surface area contributed by atoms with Crippen LogP contribution in [0, 0.1) is 0 Å². The third-order valence-electron chi connectivity index (χ3n) is 3.94. The minimum atomic E-state index is -0.381. The Kier molecular flexibility index (Phi) is 11.3. The molecule has 0 aliphatic carbocycles. The molecule has 0 aliphatic heterocycles. The number of benzene rings is 2. The third kappa shape index (κ3) is 9.37. The fourth-order valence-electron chi connectivity index (χ4n) is 2.53. The Morgan fingerprint density at radius 3 is 2.16 bits per heavy atom. The Balaban J connectivity index is 1.71. The van der Waals surface area contributed by atoms with E-state index >= 15 is 0 Å². The lowest BCUT2D eigenvalue weighted by Crippen LogP contribution is -2.09. The van der Waals surface area contributed by atoms with E-state index in [-0.39, 0.29) is 29.8 Å². The number of ether oxygens (including phenoxy) is 4. The number of hydrogen-bond donors (Lipinski definition) is 0. The Morgan fingerprint density at radius 2 is 1.56 bits per heavy atom. The zero-order valence-corrected chi connectivity index (χ0v) is 20.7. The van der Waals surface area contributed by atoms with Gasteiger partial charge >= 0.3 is 5.97 Å². The first-order valence-corrected chi connectivity index (χ1v) is 11.5. The van der Waals surface area contributed by atoms with Gasteiger partial charge in [0.05, 0.1) is 34.9 Å². The first kappa shape index (κ1) is 26.5. The number of carbonyl (C=O) groups excluding carboxylic acids is 1. The van der Waals surface area contributed by atoms with Crippen molar-refractivity contribution < 1.29 is 23.7 Å². The summed E-state index contributed by atoms with van der Waals surface area (Å²) in [4.78, 5) is 12.1. The molecule has 0 saturated carbocycles. The monoisotopic (exact) mass is 520 g/mol. The van der Waals surface area contributed by atoms with Crippen molar-refractivity contribution in [2.45, 2.75) is 32.8 Å². The predicted molar refractivity (Wildman–Crippen MR) is 129 cm³/mol. The zero-order valence-electron chi connectivity index (χ0n) is 17.7. The average Bonchev–Trinajstić information content (AvgIpc) is 2.71. The molecule has 0 fully saturated rings. The van der Waals surface area contributed by atoms with Crippen LogP contribution in [0.15, 0.2) is 47.0 Å². The van der Waals surface area contributed by atoms with Crippen molar-refractivity contribution in [1.29, 1.82) is 0 Å². The second-order valence-electron chi connectivity index (χ2n) is 6.90. The summed E-state index contributed by atoms with van der Waals surface area (Å²) < 4.78 is 22.1. The molecule has 2 aromatic carbocycles. The number of unbranched alkanes of at least 4 members (excludes halogenated alkanes) is 1.